The molecule has 4 rings (SSSR count). The van der Waals surface area contributed by atoms with Crippen LogP contribution in [-0.2, 0) is 43.7 Å². The lowest BCUT2D eigenvalue weighted by atomic mass is 9.43. The normalized spacial score (nSPS) is 42.6. The molecule has 0 unspecified atom stereocenters. The second-order valence-electron chi connectivity index (χ2n) is 12.5. The Morgan fingerprint density at radius 2 is 1.39 bits per heavy atom. The molecule has 4 aliphatic rings. The minimum Gasteiger partial charge on any atom is -0.264 e. The molecule has 0 aromatic heterocycles. The lowest BCUT2D eigenvalue weighted by Gasteiger charge is -2.62. The van der Waals surface area contributed by atoms with Crippen LogP contribution in [0.2, 0.25) is 0 Å². The molecule has 0 radical (unpaired) electrons. The zero-order valence-corrected chi connectivity index (χ0v) is 24.4. The standard InChI is InChI=1S/C23H40O12S3/c1-14(8-11-33-36(24,25)26)17-4-5-18-21-19(7-10-23(17,18)3)22(2)9-6-16(34-37(27,28)29)12-15(22)13-20(21)35-38(30,31)32/h14-21H,4-13H2,1-3H3,(H,24,25,26)(H,27,28,29)(H,30,31,32)/t14-,15+,16-,17-,18+,19+,20+,21+,22+,23-/m1/s1. The summed E-state index contributed by atoms with van der Waals surface area (Å²) in [4.78, 5) is 0. The van der Waals surface area contributed by atoms with Crippen molar-refractivity contribution in [3.63, 3.8) is 0 Å². The van der Waals surface area contributed by atoms with E-state index in [0.29, 0.717) is 32.1 Å². The number of rotatable bonds is 9. The van der Waals surface area contributed by atoms with E-state index in [4.69, 9.17) is 12.9 Å². The van der Waals surface area contributed by atoms with E-state index < -0.39 is 43.4 Å². The van der Waals surface area contributed by atoms with Gasteiger partial charge in [-0.2, -0.15) is 25.3 Å². The van der Waals surface area contributed by atoms with Gasteiger partial charge in [-0.15, -0.1) is 0 Å². The minimum absolute atomic E-state index is 0.0923. The van der Waals surface area contributed by atoms with Crippen molar-refractivity contribution >= 4 is 31.2 Å². The van der Waals surface area contributed by atoms with Crippen molar-refractivity contribution in [2.45, 2.75) is 90.8 Å². The number of fused-ring (bicyclic) bond motifs is 5. The molecule has 0 bridgehead atoms. The number of hydrogen-bond acceptors (Lipinski definition) is 9. The van der Waals surface area contributed by atoms with E-state index in [9.17, 15) is 34.4 Å². The van der Waals surface area contributed by atoms with Crippen LogP contribution in [-0.4, -0.2) is 57.7 Å². The van der Waals surface area contributed by atoms with Crippen molar-refractivity contribution in [3.8, 4) is 0 Å². The Hall–Kier alpha value is -0.390. The molecule has 0 spiro atoms. The molecular weight excluding hydrogens is 564 g/mol. The van der Waals surface area contributed by atoms with E-state index in [0.717, 1.165) is 25.7 Å². The lowest BCUT2D eigenvalue weighted by molar-refractivity contribution is -0.166. The predicted molar refractivity (Wildman–Crippen MR) is 135 cm³/mol. The monoisotopic (exact) mass is 604 g/mol. The second-order valence-corrected chi connectivity index (χ2v) is 15.6. The van der Waals surface area contributed by atoms with Gasteiger partial charge >= 0.3 is 31.2 Å². The Kier molecular flexibility index (Phi) is 8.42. The molecule has 12 nitrogen and oxygen atoms in total. The summed E-state index contributed by atoms with van der Waals surface area (Å²) in [5.41, 5.74) is -0.370. The maximum Gasteiger partial charge on any atom is 0.397 e. The summed E-state index contributed by atoms with van der Waals surface area (Å²) in [6.07, 6.45) is 4.14. The van der Waals surface area contributed by atoms with Crippen LogP contribution in [0.15, 0.2) is 0 Å². The van der Waals surface area contributed by atoms with Crippen LogP contribution in [0.25, 0.3) is 0 Å². The van der Waals surface area contributed by atoms with Gasteiger partial charge in [0, 0.05) is 0 Å². The van der Waals surface area contributed by atoms with Gasteiger partial charge in [0.25, 0.3) is 0 Å². The molecule has 38 heavy (non-hydrogen) atoms. The van der Waals surface area contributed by atoms with E-state index in [2.05, 4.69) is 18.0 Å². The number of hydrogen-bond donors (Lipinski definition) is 3. The van der Waals surface area contributed by atoms with E-state index in [1.54, 1.807) is 0 Å². The molecule has 3 N–H and O–H groups in total. The van der Waals surface area contributed by atoms with Crippen LogP contribution < -0.4 is 0 Å². The summed E-state index contributed by atoms with van der Waals surface area (Å²) in [7, 11) is -13.9. The largest absolute Gasteiger partial charge is 0.397 e. The van der Waals surface area contributed by atoms with Crippen molar-refractivity contribution in [1.82, 2.24) is 0 Å². The average molecular weight is 605 g/mol. The summed E-state index contributed by atoms with van der Waals surface area (Å²) in [6, 6.07) is 0. The van der Waals surface area contributed by atoms with E-state index in [1.807, 2.05) is 6.92 Å². The fraction of sp³-hybridized carbons (Fsp3) is 1.00. The van der Waals surface area contributed by atoms with Crippen LogP contribution in [0.1, 0.15) is 78.6 Å². The molecule has 0 saturated heterocycles. The van der Waals surface area contributed by atoms with Crippen molar-refractivity contribution in [2.24, 2.45) is 46.3 Å². The quantitative estimate of drug-likeness (QED) is 0.325. The van der Waals surface area contributed by atoms with Crippen molar-refractivity contribution < 1.29 is 51.5 Å². The summed E-state index contributed by atoms with van der Waals surface area (Å²) >= 11 is 0. The van der Waals surface area contributed by atoms with E-state index in [1.165, 1.54) is 0 Å². The van der Waals surface area contributed by atoms with Crippen molar-refractivity contribution in [1.29, 1.82) is 0 Å². The fourth-order valence-corrected chi connectivity index (χ4v) is 10.5. The van der Waals surface area contributed by atoms with Crippen LogP contribution >= 0.6 is 0 Å². The zero-order valence-electron chi connectivity index (χ0n) is 21.9. The first-order chi connectivity index (χ1) is 17.3. The molecule has 10 atom stereocenters. The maximum atomic E-state index is 11.9. The molecule has 0 aromatic carbocycles. The Bertz CT molecular complexity index is 1200. The van der Waals surface area contributed by atoms with E-state index in [-0.39, 0.29) is 52.9 Å². The van der Waals surface area contributed by atoms with Crippen LogP contribution in [0.5, 0.6) is 0 Å². The Morgan fingerprint density at radius 3 is 2.00 bits per heavy atom. The molecule has 4 saturated carbocycles. The molecule has 0 amide bonds. The van der Waals surface area contributed by atoms with Gasteiger partial charge in [0.05, 0.1) is 18.8 Å². The first kappa shape index (κ1) is 30.6. The van der Waals surface area contributed by atoms with Gasteiger partial charge in [0.15, 0.2) is 0 Å². The van der Waals surface area contributed by atoms with Gasteiger partial charge in [0.2, 0.25) is 0 Å². The van der Waals surface area contributed by atoms with Crippen LogP contribution in [0.4, 0.5) is 0 Å². The van der Waals surface area contributed by atoms with Gasteiger partial charge < -0.3 is 0 Å². The second kappa shape index (κ2) is 10.5. The van der Waals surface area contributed by atoms with Gasteiger partial charge in [-0.3, -0.25) is 13.7 Å². The van der Waals surface area contributed by atoms with Crippen LogP contribution in [0, 0.1) is 46.3 Å². The smallest absolute Gasteiger partial charge is 0.264 e. The highest BCUT2D eigenvalue weighted by Gasteiger charge is 2.64. The lowest BCUT2D eigenvalue weighted by Crippen LogP contribution is -2.59. The Balaban J connectivity index is 1.59. The maximum absolute atomic E-state index is 11.9. The average Bonchev–Trinajstić information content (AvgIpc) is 3.09. The first-order valence-electron chi connectivity index (χ1n) is 13.3. The van der Waals surface area contributed by atoms with Crippen LogP contribution in [0.3, 0.4) is 0 Å². The highest BCUT2D eigenvalue weighted by Crippen LogP contribution is 2.69. The van der Waals surface area contributed by atoms with Crippen molar-refractivity contribution in [3.05, 3.63) is 0 Å². The molecule has 0 aliphatic heterocycles. The fourth-order valence-electron chi connectivity index (χ4n) is 9.19. The highest BCUT2D eigenvalue weighted by molar-refractivity contribution is 7.81. The molecule has 15 heteroatoms. The van der Waals surface area contributed by atoms with Gasteiger partial charge in [-0.25, -0.2) is 12.5 Å². The Labute approximate surface area is 226 Å². The molecule has 0 heterocycles. The minimum atomic E-state index is -4.74. The summed E-state index contributed by atoms with van der Waals surface area (Å²) < 4.78 is 111. The summed E-state index contributed by atoms with van der Waals surface area (Å²) in [5, 5.41) is 0. The third kappa shape index (κ3) is 6.40. The summed E-state index contributed by atoms with van der Waals surface area (Å²) in [6.45, 7) is 6.30. The third-order valence-electron chi connectivity index (χ3n) is 10.7. The molecule has 222 valence electrons. The SMILES string of the molecule is C[C@H](CCOS(=O)(=O)O)[C@H]1CC[C@H]2[C@@H]3[C@@H](OS(=O)(=O)O)C[C@@H]4C[C@H](OS(=O)(=O)O)CC[C@]4(C)[C@H]3CC[C@]12C. The predicted octanol–water partition coefficient (Wildman–Crippen LogP) is 3.48. The van der Waals surface area contributed by atoms with Gasteiger partial charge in [-0.05, 0) is 104 Å². The van der Waals surface area contributed by atoms with Gasteiger partial charge in [0.1, 0.15) is 0 Å². The Morgan fingerprint density at radius 1 is 0.789 bits per heavy atom. The highest BCUT2D eigenvalue weighted by atomic mass is 32.3. The van der Waals surface area contributed by atoms with Crippen molar-refractivity contribution in [2.75, 3.05) is 6.61 Å². The van der Waals surface area contributed by atoms with Gasteiger partial charge in [-0.1, -0.05) is 20.8 Å². The molecule has 4 fully saturated rings. The third-order valence-corrected chi connectivity index (χ3v) is 12.1. The van der Waals surface area contributed by atoms with E-state index >= 15 is 0 Å². The summed E-state index contributed by atoms with van der Waals surface area (Å²) in [5.74, 6) is 0.289. The topological polar surface area (TPSA) is 191 Å². The molecule has 4 aliphatic carbocycles. The zero-order chi connectivity index (χ0) is 28.3. The molecule has 0 aromatic rings. The first-order valence-corrected chi connectivity index (χ1v) is 17.3. The molecular formula is C23H40O12S3.